The van der Waals surface area contributed by atoms with Crippen LogP contribution < -0.4 is 15.2 Å². The molecule has 0 bridgehead atoms. The molecule has 0 saturated carbocycles. The molecule has 0 fully saturated rings. The molecule has 0 spiro atoms. The van der Waals surface area contributed by atoms with Gasteiger partial charge in [0.15, 0.2) is 11.5 Å². The molecule has 19 heavy (non-hydrogen) atoms. The summed E-state index contributed by atoms with van der Waals surface area (Å²) in [4.78, 5) is 0.205. The highest BCUT2D eigenvalue weighted by molar-refractivity contribution is 7.80. The molecule has 0 aliphatic rings. The average molecular weight is 275 g/mol. The van der Waals surface area contributed by atoms with Crippen molar-refractivity contribution in [1.82, 2.24) is 10.2 Å². The molecule has 0 unspecified atom stereocenters. The summed E-state index contributed by atoms with van der Waals surface area (Å²) in [6.07, 6.45) is 1.51. The fourth-order valence-corrected chi connectivity index (χ4v) is 1.70. The Balaban J connectivity index is 2.39. The van der Waals surface area contributed by atoms with Crippen LogP contribution in [-0.2, 0) is 0 Å². The number of nitrogens with zero attached hydrogens (tertiary/aromatic N) is 2. The molecule has 5 nitrogen and oxygen atoms in total. The number of methoxy groups -OCH3 is 1. The fourth-order valence-electron chi connectivity index (χ4n) is 1.54. The Morgan fingerprint density at radius 1 is 1.26 bits per heavy atom. The monoisotopic (exact) mass is 275 g/mol. The molecule has 2 aromatic rings. The lowest BCUT2D eigenvalue weighted by Crippen LogP contribution is -2.12. The van der Waals surface area contributed by atoms with Crippen LogP contribution in [0.5, 0.6) is 17.4 Å². The van der Waals surface area contributed by atoms with Gasteiger partial charge in [0.25, 0.3) is 0 Å². The smallest absolute Gasteiger partial charge is 0.249 e. The Labute approximate surface area is 116 Å². The normalized spacial score (nSPS) is 10.0. The zero-order valence-corrected chi connectivity index (χ0v) is 11.4. The summed E-state index contributed by atoms with van der Waals surface area (Å²) in [5.74, 6) is 1.41. The first kappa shape index (κ1) is 13.2. The summed E-state index contributed by atoms with van der Waals surface area (Å²) in [7, 11) is 1.58. The van der Waals surface area contributed by atoms with Crippen molar-refractivity contribution < 1.29 is 9.47 Å². The van der Waals surface area contributed by atoms with Gasteiger partial charge < -0.3 is 15.2 Å². The van der Waals surface area contributed by atoms with E-state index in [1.165, 1.54) is 6.20 Å². The van der Waals surface area contributed by atoms with Crippen LogP contribution in [0, 0.1) is 6.92 Å². The van der Waals surface area contributed by atoms with Crippen molar-refractivity contribution in [2.24, 2.45) is 5.73 Å². The van der Waals surface area contributed by atoms with Gasteiger partial charge in [-0.3, -0.25) is 0 Å². The minimum Gasteiger partial charge on any atom is -0.493 e. The molecule has 1 aromatic carbocycles. The van der Waals surface area contributed by atoms with E-state index in [2.05, 4.69) is 10.2 Å². The molecule has 0 radical (unpaired) electrons. The van der Waals surface area contributed by atoms with E-state index in [0.29, 0.717) is 17.1 Å². The van der Waals surface area contributed by atoms with Gasteiger partial charge in [0.05, 0.1) is 18.9 Å². The van der Waals surface area contributed by atoms with Gasteiger partial charge in [-0.2, -0.15) is 5.10 Å². The third-order valence-electron chi connectivity index (χ3n) is 2.48. The highest BCUT2D eigenvalue weighted by atomic mass is 32.1. The number of hydrogen-bond acceptors (Lipinski definition) is 5. The van der Waals surface area contributed by atoms with Gasteiger partial charge in [0.2, 0.25) is 5.88 Å². The lowest BCUT2D eigenvalue weighted by atomic mass is 10.2. The van der Waals surface area contributed by atoms with Crippen LogP contribution in [0.3, 0.4) is 0 Å². The van der Waals surface area contributed by atoms with Crippen LogP contribution in [-0.4, -0.2) is 22.3 Å². The fraction of sp³-hybridized carbons (Fsp3) is 0.154. The SMILES string of the molecule is COc1cc(C)ccc1Oc1nnccc1C(N)=S. The zero-order chi connectivity index (χ0) is 13.8. The average Bonchev–Trinajstić information content (AvgIpc) is 2.41. The Hall–Kier alpha value is -2.21. The number of aryl methyl sites for hydroxylation is 1. The molecule has 2 N–H and O–H groups in total. The lowest BCUT2D eigenvalue weighted by molar-refractivity contribution is 0.372. The molecule has 98 valence electrons. The summed E-state index contributed by atoms with van der Waals surface area (Å²) in [5.41, 5.74) is 7.22. The predicted molar refractivity (Wildman–Crippen MR) is 75.7 cm³/mol. The standard InChI is InChI=1S/C13H13N3O2S/c1-8-3-4-10(11(7-8)17-2)18-13-9(12(14)19)5-6-15-16-13/h3-7H,1-2H3,(H2,14,19). The van der Waals surface area contributed by atoms with E-state index >= 15 is 0 Å². The molecule has 1 heterocycles. The summed E-state index contributed by atoms with van der Waals surface area (Å²) >= 11 is 4.95. The summed E-state index contributed by atoms with van der Waals surface area (Å²) in [5, 5.41) is 7.66. The van der Waals surface area contributed by atoms with Gasteiger partial charge in [0, 0.05) is 0 Å². The van der Waals surface area contributed by atoms with Crippen LogP contribution in [0.4, 0.5) is 0 Å². The maximum atomic E-state index is 5.68. The molecular formula is C13H13N3O2S. The minimum absolute atomic E-state index is 0.205. The quantitative estimate of drug-likeness (QED) is 0.863. The molecule has 1 aromatic heterocycles. The van der Waals surface area contributed by atoms with E-state index in [1.54, 1.807) is 19.2 Å². The van der Waals surface area contributed by atoms with E-state index in [9.17, 15) is 0 Å². The van der Waals surface area contributed by atoms with Gasteiger partial charge in [-0.05, 0) is 30.7 Å². The second-order valence-corrected chi connectivity index (χ2v) is 4.31. The third-order valence-corrected chi connectivity index (χ3v) is 2.70. The Morgan fingerprint density at radius 2 is 2.05 bits per heavy atom. The minimum atomic E-state index is 0.205. The van der Waals surface area contributed by atoms with Crippen molar-refractivity contribution in [3.8, 4) is 17.4 Å². The molecule has 0 amide bonds. The van der Waals surface area contributed by atoms with Crippen LogP contribution in [0.1, 0.15) is 11.1 Å². The molecule has 0 saturated heterocycles. The molecule has 0 aliphatic heterocycles. The van der Waals surface area contributed by atoms with Gasteiger partial charge in [-0.15, -0.1) is 5.10 Å². The van der Waals surface area contributed by atoms with E-state index in [0.717, 1.165) is 5.56 Å². The lowest BCUT2D eigenvalue weighted by Gasteiger charge is -2.11. The van der Waals surface area contributed by atoms with E-state index in [4.69, 9.17) is 27.4 Å². The number of benzene rings is 1. The van der Waals surface area contributed by atoms with Gasteiger partial charge in [0.1, 0.15) is 4.99 Å². The van der Waals surface area contributed by atoms with Crippen LogP contribution in [0.25, 0.3) is 0 Å². The highest BCUT2D eigenvalue weighted by Crippen LogP contribution is 2.32. The second kappa shape index (κ2) is 5.62. The number of aromatic nitrogens is 2. The van der Waals surface area contributed by atoms with E-state index < -0.39 is 0 Å². The first-order chi connectivity index (χ1) is 9.11. The summed E-state index contributed by atoms with van der Waals surface area (Å²) in [6, 6.07) is 7.23. The summed E-state index contributed by atoms with van der Waals surface area (Å²) in [6.45, 7) is 1.97. The zero-order valence-electron chi connectivity index (χ0n) is 10.6. The highest BCUT2D eigenvalue weighted by Gasteiger charge is 2.12. The van der Waals surface area contributed by atoms with Gasteiger partial charge in [-0.1, -0.05) is 18.3 Å². The number of rotatable bonds is 4. The first-order valence-electron chi connectivity index (χ1n) is 5.56. The Bertz CT molecular complexity index is 617. The Morgan fingerprint density at radius 3 is 2.74 bits per heavy atom. The predicted octanol–water partition coefficient (Wildman–Crippen LogP) is 2.22. The van der Waals surface area contributed by atoms with Crippen molar-refractivity contribution in [3.63, 3.8) is 0 Å². The van der Waals surface area contributed by atoms with Crippen LogP contribution >= 0.6 is 12.2 Å². The maximum Gasteiger partial charge on any atom is 0.249 e. The molecular weight excluding hydrogens is 262 g/mol. The largest absolute Gasteiger partial charge is 0.493 e. The number of ether oxygens (including phenoxy) is 2. The molecule has 2 rings (SSSR count). The number of thiocarbonyl (C=S) groups is 1. The maximum absolute atomic E-state index is 5.68. The van der Waals surface area contributed by atoms with Crippen molar-refractivity contribution >= 4 is 17.2 Å². The van der Waals surface area contributed by atoms with Crippen LogP contribution in [0.15, 0.2) is 30.5 Å². The van der Waals surface area contributed by atoms with E-state index in [1.807, 2.05) is 19.1 Å². The van der Waals surface area contributed by atoms with Gasteiger partial charge >= 0.3 is 0 Å². The van der Waals surface area contributed by atoms with Crippen molar-refractivity contribution in [2.75, 3.05) is 7.11 Å². The molecule has 0 aliphatic carbocycles. The second-order valence-electron chi connectivity index (χ2n) is 3.87. The molecule has 0 atom stereocenters. The van der Waals surface area contributed by atoms with Crippen LogP contribution in [0.2, 0.25) is 0 Å². The summed E-state index contributed by atoms with van der Waals surface area (Å²) < 4.78 is 10.9. The van der Waals surface area contributed by atoms with Crippen molar-refractivity contribution in [2.45, 2.75) is 6.92 Å². The topological polar surface area (TPSA) is 70.3 Å². The van der Waals surface area contributed by atoms with Crippen molar-refractivity contribution in [3.05, 3.63) is 41.6 Å². The molecule has 6 heteroatoms. The van der Waals surface area contributed by atoms with Gasteiger partial charge in [-0.25, -0.2) is 0 Å². The Kier molecular flexibility index (Phi) is 3.91. The van der Waals surface area contributed by atoms with Crippen molar-refractivity contribution in [1.29, 1.82) is 0 Å². The number of hydrogen-bond donors (Lipinski definition) is 1. The first-order valence-corrected chi connectivity index (χ1v) is 5.96. The third kappa shape index (κ3) is 2.97. The number of nitrogens with two attached hydrogens (primary N) is 1. The van der Waals surface area contributed by atoms with E-state index in [-0.39, 0.29) is 10.9 Å².